The molecule has 1 fully saturated rings. The van der Waals surface area contributed by atoms with E-state index in [1.165, 1.54) is 24.1 Å². The van der Waals surface area contributed by atoms with Gasteiger partial charge in [0.25, 0.3) is 0 Å². The fraction of sp³-hybridized carbons (Fsp3) is 0.273. The molecule has 1 nitrogen and oxygen atoms in total. The van der Waals surface area contributed by atoms with E-state index in [0.717, 1.165) is 0 Å². The first-order valence-corrected chi connectivity index (χ1v) is 4.45. The van der Waals surface area contributed by atoms with Gasteiger partial charge in [-0.25, -0.2) is 0 Å². The number of anilines is 1. The quantitative estimate of drug-likeness (QED) is 0.668. The zero-order valence-corrected chi connectivity index (χ0v) is 8.10. The molecule has 1 aliphatic heterocycles. The minimum absolute atomic E-state index is 0. The van der Waals surface area contributed by atoms with Crippen LogP contribution in [-0.2, 0) is 5.41 Å². The summed E-state index contributed by atoms with van der Waals surface area (Å²) in [6.07, 6.45) is 7.02. The molecule has 1 aromatic rings. The van der Waals surface area contributed by atoms with Crippen LogP contribution in [0, 0.1) is 0 Å². The first kappa shape index (κ1) is 8.64. The molecule has 1 aliphatic carbocycles. The normalized spacial score (nSPS) is 20.0. The number of halogens is 1. The highest BCUT2D eigenvalue weighted by molar-refractivity contribution is 5.85. The lowest BCUT2D eigenvalue weighted by Crippen LogP contribution is -2.11. The molecule has 0 atom stereocenters. The highest BCUT2D eigenvalue weighted by Gasteiger charge is 2.44. The summed E-state index contributed by atoms with van der Waals surface area (Å²) in [5.41, 5.74) is 3.19. The molecule has 1 saturated carbocycles. The molecular formula is C11H12ClN. The molecule has 68 valence electrons. The van der Waals surface area contributed by atoms with Gasteiger partial charge < -0.3 is 5.32 Å². The van der Waals surface area contributed by atoms with Gasteiger partial charge in [0, 0.05) is 11.1 Å². The zero-order chi connectivity index (χ0) is 8.02. The van der Waals surface area contributed by atoms with Gasteiger partial charge in [0.05, 0.1) is 0 Å². The number of allylic oxidation sites excluding steroid dienone is 1. The molecule has 1 aromatic carbocycles. The smallest absolute Gasteiger partial charge is 0.0421 e. The Morgan fingerprint density at radius 3 is 2.69 bits per heavy atom. The summed E-state index contributed by atoms with van der Waals surface area (Å²) in [7, 11) is 0. The lowest BCUT2D eigenvalue weighted by atomic mass is 9.92. The van der Waals surface area contributed by atoms with E-state index in [-0.39, 0.29) is 12.4 Å². The number of nitrogens with one attached hydrogen (secondary N) is 1. The van der Waals surface area contributed by atoms with Gasteiger partial charge in [-0.1, -0.05) is 24.3 Å². The summed E-state index contributed by atoms with van der Waals surface area (Å²) < 4.78 is 0. The topological polar surface area (TPSA) is 12.0 Å². The van der Waals surface area contributed by atoms with E-state index in [4.69, 9.17) is 0 Å². The number of para-hydroxylation sites is 1. The summed E-state index contributed by atoms with van der Waals surface area (Å²) in [6, 6.07) is 8.60. The molecule has 13 heavy (non-hydrogen) atoms. The van der Waals surface area contributed by atoms with Crippen LogP contribution >= 0.6 is 12.4 Å². The van der Waals surface area contributed by atoms with E-state index < -0.39 is 0 Å². The lowest BCUT2D eigenvalue weighted by Gasteiger charge is -2.20. The van der Waals surface area contributed by atoms with E-state index in [0.29, 0.717) is 5.41 Å². The lowest BCUT2D eigenvalue weighted by molar-refractivity contribution is 0.880. The summed E-state index contributed by atoms with van der Waals surface area (Å²) in [6.45, 7) is 0. The van der Waals surface area contributed by atoms with Gasteiger partial charge in [0.2, 0.25) is 0 Å². The number of rotatable bonds is 0. The minimum atomic E-state index is 0. The Hall–Kier alpha value is -0.950. The van der Waals surface area contributed by atoms with Crippen molar-refractivity contribution in [1.29, 1.82) is 0 Å². The van der Waals surface area contributed by atoms with E-state index in [9.17, 15) is 0 Å². The minimum Gasteiger partial charge on any atom is -0.362 e. The van der Waals surface area contributed by atoms with Crippen LogP contribution in [0.25, 0.3) is 0 Å². The van der Waals surface area contributed by atoms with Crippen molar-refractivity contribution in [2.24, 2.45) is 0 Å². The van der Waals surface area contributed by atoms with Crippen molar-refractivity contribution >= 4 is 18.1 Å². The van der Waals surface area contributed by atoms with Crippen molar-refractivity contribution in [1.82, 2.24) is 0 Å². The second-order valence-corrected chi connectivity index (χ2v) is 3.68. The van der Waals surface area contributed by atoms with Crippen molar-refractivity contribution < 1.29 is 0 Å². The van der Waals surface area contributed by atoms with Crippen LogP contribution in [0.1, 0.15) is 18.4 Å². The Labute approximate surface area is 84.3 Å². The summed E-state index contributed by atoms with van der Waals surface area (Å²) in [4.78, 5) is 0. The molecule has 1 heterocycles. The average Bonchev–Trinajstić information content (AvgIpc) is 2.87. The molecule has 1 N–H and O–H groups in total. The highest BCUT2D eigenvalue weighted by atomic mass is 35.5. The molecule has 0 unspecified atom stereocenters. The largest absolute Gasteiger partial charge is 0.362 e. The molecule has 0 amide bonds. The molecule has 0 saturated heterocycles. The monoisotopic (exact) mass is 193 g/mol. The predicted molar refractivity (Wildman–Crippen MR) is 57.4 cm³/mol. The van der Waals surface area contributed by atoms with Crippen molar-refractivity contribution in [3.8, 4) is 0 Å². The van der Waals surface area contributed by atoms with E-state index >= 15 is 0 Å². The van der Waals surface area contributed by atoms with Gasteiger partial charge in [-0.3, -0.25) is 0 Å². The van der Waals surface area contributed by atoms with Crippen molar-refractivity contribution in [2.45, 2.75) is 18.3 Å². The Bertz CT molecular complexity index is 353. The van der Waals surface area contributed by atoms with Crippen LogP contribution in [-0.4, -0.2) is 0 Å². The standard InChI is InChI=1S/C11H11N.ClH/c1-2-4-10-9(3-1)11(5-6-11)7-8-12-10;/h1-4,7-8,12H,5-6H2;1H. The van der Waals surface area contributed by atoms with Crippen molar-refractivity contribution in [2.75, 3.05) is 5.32 Å². The fourth-order valence-electron chi connectivity index (χ4n) is 1.99. The van der Waals surface area contributed by atoms with E-state index in [2.05, 4.69) is 41.9 Å². The zero-order valence-electron chi connectivity index (χ0n) is 7.29. The first-order valence-electron chi connectivity index (χ1n) is 4.45. The number of benzene rings is 1. The van der Waals surface area contributed by atoms with Gasteiger partial charge in [0.1, 0.15) is 0 Å². The van der Waals surface area contributed by atoms with Crippen LogP contribution in [0.5, 0.6) is 0 Å². The summed E-state index contributed by atoms with van der Waals surface area (Å²) >= 11 is 0. The maximum absolute atomic E-state index is 3.28. The van der Waals surface area contributed by atoms with Gasteiger partial charge in [0.15, 0.2) is 0 Å². The van der Waals surface area contributed by atoms with Gasteiger partial charge in [-0.15, -0.1) is 12.4 Å². The Balaban J connectivity index is 0.000000653. The maximum atomic E-state index is 3.28. The second-order valence-electron chi connectivity index (χ2n) is 3.68. The molecule has 2 heteroatoms. The van der Waals surface area contributed by atoms with Crippen molar-refractivity contribution in [3.05, 3.63) is 42.1 Å². The number of hydrogen-bond acceptors (Lipinski definition) is 1. The van der Waals surface area contributed by atoms with Crippen molar-refractivity contribution in [3.63, 3.8) is 0 Å². The molecular weight excluding hydrogens is 182 g/mol. The summed E-state index contributed by atoms with van der Waals surface area (Å²) in [5, 5.41) is 3.28. The average molecular weight is 194 g/mol. The third kappa shape index (κ3) is 1.15. The van der Waals surface area contributed by atoms with E-state index in [1.54, 1.807) is 0 Å². The van der Waals surface area contributed by atoms with Crippen LogP contribution in [0.15, 0.2) is 36.5 Å². The van der Waals surface area contributed by atoms with Gasteiger partial charge in [-0.2, -0.15) is 0 Å². The third-order valence-corrected chi connectivity index (χ3v) is 2.89. The Morgan fingerprint density at radius 2 is 1.92 bits per heavy atom. The van der Waals surface area contributed by atoms with Crippen LogP contribution in [0.4, 0.5) is 5.69 Å². The molecule has 0 radical (unpaired) electrons. The molecule has 0 aromatic heterocycles. The Kier molecular flexibility index (Phi) is 1.85. The van der Waals surface area contributed by atoms with Crippen LogP contribution < -0.4 is 5.32 Å². The van der Waals surface area contributed by atoms with Gasteiger partial charge in [-0.05, 0) is 30.7 Å². The fourth-order valence-corrected chi connectivity index (χ4v) is 1.99. The highest BCUT2D eigenvalue weighted by Crippen LogP contribution is 2.53. The molecule has 2 aliphatic rings. The van der Waals surface area contributed by atoms with E-state index in [1.807, 2.05) is 0 Å². The second kappa shape index (κ2) is 2.78. The molecule has 3 rings (SSSR count). The summed E-state index contributed by atoms with van der Waals surface area (Å²) in [5.74, 6) is 0. The number of fused-ring (bicyclic) bond motifs is 2. The maximum Gasteiger partial charge on any atom is 0.0421 e. The predicted octanol–water partition coefficient (Wildman–Crippen LogP) is 3.08. The van der Waals surface area contributed by atoms with Gasteiger partial charge >= 0.3 is 0 Å². The SMILES string of the molecule is C1=CC2(CC2)c2ccccc2N1.Cl. The first-order chi connectivity index (χ1) is 5.91. The molecule has 1 spiro atoms. The Morgan fingerprint density at radius 1 is 1.15 bits per heavy atom. The number of hydrogen-bond donors (Lipinski definition) is 1. The molecule has 0 bridgehead atoms. The van der Waals surface area contributed by atoms with Crippen LogP contribution in [0.3, 0.4) is 0 Å². The third-order valence-electron chi connectivity index (χ3n) is 2.89. The van der Waals surface area contributed by atoms with Crippen LogP contribution in [0.2, 0.25) is 0 Å².